The molecule has 2 atom stereocenters. The largest absolute Gasteiger partial charge is 0.496 e. The van der Waals surface area contributed by atoms with E-state index in [4.69, 9.17) is 4.74 Å². The molecule has 19 heavy (non-hydrogen) atoms. The van der Waals surface area contributed by atoms with Crippen LogP contribution < -0.4 is 10.1 Å². The first-order valence-electron chi connectivity index (χ1n) is 7.54. The van der Waals surface area contributed by atoms with Gasteiger partial charge in [-0.05, 0) is 44.2 Å². The number of benzene rings is 1. The van der Waals surface area contributed by atoms with E-state index in [9.17, 15) is 0 Å². The Kier molecular flexibility index (Phi) is 4.87. The van der Waals surface area contributed by atoms with Gasteiger partial charge in [0.2, 0.25) is 0 Å². The zero-order valence-electron chi connectivity index (χ0n) is 12.7. The van der Waals surface area contributed by atoms with Crippen LogP contribution in [0.4, 0.5) is 0 Å². The number of hydrogen-bond acceptors (Lipinski definition) is 2. The Morgan fingerprint density at radius 1 is 1.37 bits per heavy atom. The van der Waals surface area contributed by atoms with E-state index in [1.807, 2.05) is 0 Å². The van der Waals surface area contributed by atoms with E-state index >= 15 is 0 Å². The summed E-state index contributed by atoms with van der Waals surface area (Å²) in [5.74, 6) is 1.98. The maximum atomic E-state index is 5.52. The molecule has 1 N–H and O–H groups in total. The molecular weight excluding hydrogens is 234 g/mol. The molecule has 0 saturated heterocycles. The maximum Gasteiger partial charge on any atom is 0.123 e. The van der Waals surface area contributed by atoms with Gasteiger partial charge in [-0.1, -0.05) is 31.9 Å². The Bertz CT molecular complexity index is 412. The fourth-order valence-electron chi connectivity index (χ4n) is 2.73. The van der Waals surface area contributed by atoms with Crippen LogP contribution in [0, 0.1) is 12.8 Å². The molecule has 2 heteroatoms. The summed E-state index contributed by atoms with van der Waals surface area (Å²) < 4.78 is 5.52. The zero-order chi connectivity index (χ0) is 13.8. The van der Waals surface area contributed by atoms with Crippen molar-refractivity contribution >= 4 is 0 Å². The highest BCUT2D eigenvalue weighted by Gasteiger charge is 2.25. The van der Waals surface area contributed by atoms with E-state index in [0.29, 0.717) is 12.1 Å². The molecule has 1 aliphatic rings. The Labute approximate surface area is 117 Å². The van der Waals surface area contributed by atoms with Crippen molar-refractivity contribution in [3.05, 3.63) is 29.3 Å². The first kappa shape index (κ1) is 14.4. The lowest BCUT2D eigenvalue weighted by Crippen LogP contribution is -2.31. The van der Waals surface area contributed by atoms with E-state index < -0.39 is 0 Å². The molecular formula is C17H27NO. The minimum absolute atomic E-state index is 0.347. The number of aryl methyl sites for hydroxylation is 1. The molecule has 0 aliphatic heterocycles. The SMILES string of the molecule is CCC(CC1CC1)NC(C)c1ccc(C)cc1OC. The van der Waals surface area contributed by atoms with Gasteiger partial charge in [-0.2, -0.15) is 0 Å². The zero-order valence-corrected chi connectivity index (χ0v) is 12.7. The van der Waals surface area contributed by atoms with Crippen LogP contribution in [0.25, 0.3) is 0 Å². The van der Waals surface area contributed by atoms with Crippen molar-refractivity contribution in [1.29, 1.82) is 0 Å². The van der Waals surface area contributed by atoms with Crippen molar-refractivity contribution in [3.63, 3.8) is 0 Å². The van der Waals surface area contributed by atoms with E-state index in [1.165, 1.54) is 36.8 Å². The normalized spacial score (nSPS) is 18.1. The number of ether oxygens (including phenoxy) is 1. The third-order valence-corrected chi connectivity index (χ3v) is 4.15. The van der Waals surface area contributed by atoms with Crippen molar-refractivity contribution in [2.75, 3.05) is 7.11 Å². The first-order valence-corrected chi connectivity index (χ1v) is 7.54. The van der Waals surface area contributed by atoms with Gasteiger partial charge >= 0.3 is 0 Å². The van der Waals surface area contributed by atoms with Crippen LogP contribution in [0.2, 0.25) is 0 Å². The highest BCUT2D eigenvalue weighted by atomic mass is 16.5. The molecule has 0 radical (unpaired) electrons. The maximum absolute atomic E-state index is 5.52. The molecule has 2 rings (SSSR count). The summed E-state index contributed by atoms with van der Waals surface area (Å²) in [4.78, 5) is 0. The van der Waals surface area contributed by atoms with Gasteiger partial charge in [0.05, 0.1) is 7.11 Å². The topological polar surface area (TPSA) is 21.3 Å². The van der Waals surface area contributed by atoms with Crippen LogP contribution in [0.1, 0.15) is 56.7 Å². The molecule has 0 aromatic heterocycles. The minimum Gasteiger partial charge on any atom is -0.496 e. The summed E-state index contributed by atoms with van der Waals surface area (Å²) in [6, 6.07) is 7.45. The van der Waals surface area contributed by atoms with Crippen LogP contribution in [0.15, 0.2) is 18.2 Å². The highest BCUT2D eigenvalue weighted by molar-refractivity contribution is 5.39. The second-order valence-corrected chi connectivity index (χ2v) is 5.92. The van der Waals surface area contributed by atoms with Crippen LogP contribution in [0.3, 0.4) is 0 Å². The molecule has 2 unspecified atom stereocenters. The molecule has 106 valence electrons. The van der Waals surface area contributed by atoms with Crippen molar-refractivity contribution in [1.82, 2.24) is 5.32 Å². The van der Waals surface area contributed by atoms with Gasteiger partial charge in [0, 0.05) is 17.6 Å². The number of methoxy groups -OCH3 is 1. The Morgan fingerprint density at radius 2 is 2.11 bits per heavy atom. The monoisotopic (exact) mass is 261 g/mol. The predicted octanol–water partition coefficient (Wildman–Crippen LogP) is 4.23. The smallest absolute Gasteiger partial charge is 0.123 e. The van der Waals surface area contributed by atoms with Gasteiger partial charge in [0.15, 0.2) is 0 Å². The standard InChI is InChI=1S/C17H27NO/c1-5-15(11-14-7-8-14)18-13(3)16-9-6-12(2)10-17(16)19-4/h6,9-10,13-15,18H,5,7-8,11H2,1-4H3. The van der Waals surface area contributed by atoms with Gasteiger partial charge < -0.3 is 10.1 Å². The fraction of sp³-hybridized carbons (Fsp3) is 0.647. The number of rotatable bonds is 7. The predicted molar refractivity (Wildman–Crippen MR) is 80.7 cm³/mol. The molecule has 1 aliphatic carbocycles. The van der Waals surface area contributed by atoms with Crippen LogP contribution in [0.5, 0.6) is 5.75 Å². The average molecular weight is 261 g/mol. The van der Waals surface area contributed by atoms with Gasteiger partial charge in [0.1, 0.15) is 5.75 Å². The average Bonchev–Trinajstić information content (AvgIpc) is 3.21. The molecule has 1 saturated carbocycles. The second-order valence-electron chi connectivity index (χ2n) is 5.92. The molecule has 0 bridgehead atoms. The molecule has 2 nitrogen and oxygen atoms in total. The van der Waals surface area contributed by atoms with Crippen molar-refractivity contribution in [2.24, 2.45) is 5.92 Å². The van der Waals surface area contributed by atoms with E-state index in [2.05, 4.69) is 44.3 Å². The minimum atomic E-state index is 0.347. The van der Waals surface area contributed by atoms with E-state index in [0.717, 1.165) is 11.7 Å². The first-order chi connectivity index (χ1) is 9.13. The lowest BCUT2D eigenvalue weighted by molar-refractivity contribution is 0.377. The molecule has 1 fully saturated rings. The quantitative estimate of drug-likeness (QED) is 0.793. The number of nitrogens with one attached hydrogen (secondary N) is 1. The molecule has 0 amide bonds. The number of hydrogen-bond donors (Lipinski definition) is 1. The summed E-state index contributed by atoms with van der Waals surface area (Å²) in [5.41, 5.74) is 2.51. The van der Waals surface area contributed by atoms with Crippen LogP contribution in [-0.4, -0.2) is 13.2 Å². The molecule has 1 aromatic rings. The summed E-state index contributed by atoms with van der Waals surface area (Å²) >= 11 is 0. The Morgan fingerprint density at radius 3 is 2.68 bits per heavy atom. The highest BCUT2D eigenvalue weighted by Crippen LogP contribution is 2.35. The lowest BCUT2D eigenvalue weighted by atomic mass is 10.0. The van der Waals surface area contributed by atoms with Crippen molar-refractivity contribution < 1.29 is 4.74 Å². The third kappa shape index (κ3) is 3.97. The van der Waals surface area contributed by atoms with Gasteiger partial charge in [0.25, 0.3) is 0 Å². The van der Waals surface area contributed by atoms with Gasteiger partial charge in [-0.25, -0.2) is 0 Å². The third-order valence-electron chi connectivity index (χ3n) is 4.15. The Balaban J connectivity index is 2.02. The second kappa shape index (κ2) is 6.42. The van der Waals surface area contributed by atoms with Crippen LogP contribution >= 0.6 is 0 Å². The van der Waals surface area contributed by atoms with Gasteiger partial charge in [-0.3, -0.25) is 0 Å². The summed E-state index contributed by atoms with van der Waals surface area (Å²) in [6.45, 7) is 6.62. The Hall–Kier alpha value is -1.02. The van der Waals surface area contributed by atoms with E-state index in [1.54, 1.807) is 7.11 Å². The molecule has 1 aromatic carbocycles. The summed E-state index contributed by atoms with van der Waals surface area (Å²) in [6.07, 6.45) is 5.39. The molecule has 0 heterocycles. The fourth-order valence-corrected chi connectivity index (χ4v) is 2.73. The molecule has 0 spiro atoms. The van der Waals surface area contributed by atoms with Crippen molar-refractivity contribution in [2.45, 2.75) is 58.5 Å². The van der Waals surface area contributed by atoms with Crippen LogP contribution in [-0.2, 0) is 0 Å². The summed E-state index contributed by atoms with van der Waals surface area (Å²) in [5, 5.41) is 3.77. The summed E-state index contributed by atoms with van der Waals surface area (Å²) in [7, 11) is 1.76. The van der Waals surface area contributed by atoms with Gasteiger partial charge in [-0.15, -0.1) is 0 Å². The van der Waals surface area contributed by atoms with E-state index in [-0.39, 0.29) is 0 Å². The lowest BCUT2D eigenvalue weighted by Gasteiger charge is -2.24. The van der Waals surface area contributed by atoms with Crippen molar-refractivity contribution in [3.8, 4) is 5.75 Å².